The Morgan fingerprint density at radius 3 is 2.79 bits per heavy atom. The molecule has 0 aliphatic rings. The average Bonchev–Trinajstić information content (AvgIpc) is 2.93. The molecule has 0 bridgehead atoms. The van der Waals surface area contributed by atoms with Gasteiger partial charge in [-0.15, -0.1) is 0 Å². The molecule has 0 radical (unpaired) electrons. The van der Waals surface area contributed by atoms with Crippen LogP contribution in [0.25, 0.3) is 16.9 Å². The second-order valence-corrected chi connectivity index (χ2v) is 4.56. The summed E-state index contributed by atoms with van der Waals surface area (Å²) >= 11 is 0. The summed E-state index contributed by atoms with van der Waals surface area (Å²) in [5.41, 5.74) is 10.1. The molecule has 0 unspecified atom stereocenters. The summed E-state index contributed by atoms with van der Waals surface area (Å²) < 4.78 is 1.79. The van der Waals surface area contributed by atoms with Crippen molar-refractivity contribution in [2.75, 3.05) is 0 Å². The van der Waals surface area contributed by atoms with Crippen molar-refractivity contribution < 1.29 is 0 Å². The summed E-state index contributed by atoms with van der Waals surface area (Å²) in [6, 6.07) is 12.1. The lowest BCUT2D eigenvalue weighted by Crippen LogP contribution is -2.12. The molecule has 19 heavy (non-hydrogen) atoms. The molecule has 0 aliphatic carbocycles. The van der Waals surface area contributed by atoms with Crippen LogP contribution in [0.5, 0.6) is 0 Å². The summed E-state index contributed by atoms with van der Waals surface area (Å²) in [5, 5.41) is 4.65. The summed E-state index contributed by atoms with van der Waals surface area (Å²) in [7, 11) is 0. The van der Waals surface area contributed by atoms with Gasteiger partial charge in [0.15, 0.2) is 5.65 Å². The fraction of sp³-hybridized carbons (Fsp3) is 0.200. The minimum absolute atomic E-state index is 0.0237. The lowest BCUT2D eigenvalue weighted by molar-refractivity contribution is 0.692. The molecular formula is C15H16N4. The highest BCUT2D eigenvalue weighted by Gasteiger charge is 2.14. The van der Waals surface area contributed by atoms with E-state index in [1.165, 1.54) is 0 Å². The van der Waals surface area contributed by atoms with Crippen molar-refractivity contribution in [1.29, 1.82) is 0 Å². The quantitative estimate of drug-likeness (QED) is 0.779. The molecule has 0 aliphatic heterocycles. The lowest BCUT2D eigenvalue weighted by Gasteiger charge is -2.14. The molecule has 2 N–H and O–H groups in total. The molecule has 4 heteroatoms. The van der Waals surface area contributed by atoms with Gasteiger partial charge in [-0.05, 0) is 12.5 Å². The van der Waals surface area contributed by atoms with Crippen LogP contribution in [0, 0.1) is 0 Å². The number of imidazole rings is 1. The average molecular weight is 252 g/mol. The summed E-state index contributed by atoms with van der Waals surface area (Å²) in [6.45, 7) is 2.08. The van der Waals surface area contributed by atoms with Crippen LogP contribution in [0.1, 0.15) is 24.9 Å². The highest BCUT2D eigenvalue weighted by atomic mass is 15.2. The number of nitrogens with two attached hydrogens (primary N) is 1. The third-order valence-electron chi connectivity index (χ3n) is 3.30. The maximum Gasteiger partial charge on any atom is 0.153 e. The molecular weight excluding hydrogens is 236 g/mol. The Hall–Kier alpha value is -2.20. The zero-order valence-corrected chi connectivity index (χ0v) is 10.8. The van der Waals surface area contributed by atoms with E-state index in [1.807, 2.05) is 30.5 Å². The van der Waals surface area contributed by atoms with E-state index < -0.39 is 0 Å². The van der Waals surface area contributed by atoms with E-state index in [2.05, 4.69) is 29.1 Å². The van der Waals surface area contributed by atoms with E-state index in [-0.39, 0.29) is 6.04 Å². The number of rotatable bonds is 3. The molecule has 2 aromatic heterocycles. The summed E-state index contributed by atoms with van der Waals surface area (Å²) in [4.78, 5) is 4.28. The normalized spacial score (nSPS) is 12.7. The van der Waals surface area contributed by atoms with E-state index in [0.29, 0.717) is 0 Å². The van der Waals surface area contributed by atoms with Gasteiger partial charge in [-0.1, -0.05) is 37.3 Å². The lowest BCUT2D eigenvalue weighted by atomic mass is 9.99. The maximum atomic E-state index is 6.22. The topological polar surface area (TPSA) is 56.2 Å². The number of hydrogen-bond donors (Lipinski definition) is 1. The molecule has 1 aromatic carbocycles. The summed E-state index contributed by atoms with van der Waals surface area (Å²) in [5.74, 6) is 0. The Labute approximate surface area is 111 Å². The van der Waals surface area contributed by atoms with Crippen molar-refractivity contribution in [2.45, 2.75) is 19.4 Å². The first-order valence-corrected chi connectivity index (χ1v) is 6.45. The number of aromatic nitrogens is 3. The number of nitrogens with zero attached hydrogens (tertiary/aromatic N) is 3. The zero-order chi connectivity index (χ0) is 13.2. The van der Waals surface area contributed by atoms with Gasteiger partial charge in [0, 0.05) is 29.6 Å². The SMILES string of the molecule is CC[C@@H](N)c1cc2nccn2nc1-c1ccccc1. The third-order valence-corrected chi connectivity index (χ3v) is 3.30. The Kier molecular flexibility index (Phi) is 3.01. The van der Waals surface area contributed by atoms with Crippen LogP contribution in [0.2, 0.25) is 0 Å². The molecule has 0 saturated carbocycles. The molecule has 4 nitrogen and oxygen atoms in total. The third kappa shape index (κ3) is 2.11. The molecule has 0 saturated heterocycles. The smallest absolute Gasteiger partial charge is 0.153 e. The number of benzene rings is 1. The Bertz CT molecular complexity index is 688. The van der Waals surface area contributed by atoms with Gasteiger partial charge in [0.2, 0.25) is 0 Å². The molecule has 0 spiro atoms. The van der Waals surface area contributed by atoms with Crippen LogP contribution in [-0.4, -0.2) is 14.6 Å². The van der Waals surface area contributed by atoms with Gasteiger partial charge in [-0.25, -0.2) is 9.50 Å². The largest absolute Gasteiger partial charge is 0.324 e. The fourth-order valence-corrected chi connectivity index (χ4v) is 2.19. The van der Waals surface area contributed by atoms with Crippen LogP contribution in [0.15, 0.2) is 48.8 Å². The highest BCUT2D eigenvalue weighted by molar-refractivity contribution is 5.65. The van der Waals surface area contributed by atoms with Gasteiger partial charge in [0.05, 0.1) is 5.69 Å². The monoisotopic (exact) mass is 252 g/mol. The van der Waals surface area contributed by atoms with Gasteiger partial charge in [-0.3, -0.25) is 0 Å². The molecule has 2 heterocycles. The van der Waals surface area contributed by atoms with Crippen LogP contribution >= 0.6 is 0 Å². The second-order valence-electron chi connectivity index (χ2n) is 4.56. The van der Waals surface area contributed by atoms with Crippen LogP contribution < -0.4 is 5.73 Å². The molecule has 96 valence electrons. The van der Waals surface area contributed by atoms with Gasteiger partial charge in [-0.2, -0.15) is 5.10 Å². The van der Waals surface area contributed by atoms with E-state index in [9.17, 15) is 0 Å². The minimum Gasteiger partial charge on any atom is -0.324 e. The van der Waals surface area contributed by atoms with Crippen molar-refractivity contribution >= 4 is 5.65 Å². The summed E-state index contributed by atoms with van der Waals surface area (Å²) in [6.07, 6.45) is 4.47. The van der Waals surface area contributed by atoms with Crippen molar-refractivity contribution in [3.05, 3.63) is 54.4 Å². The van der Waals surface area contributed by atoms with Crippen LogP contribution in [0.3, 0.4) is 0 Å². The van der Waals surface area contributed by atoms with Gasteiger partial charge in [0.1, 0.15) is 0 Å². The first kappa shape index (κ1) is 11.9. The predicted molar refractivity (Wildman–Crippen MR) is 75.6 cm³/mol. The standard InChI is InChI=1S/C15H16N4/c1-2-13(16)12-10-14-17-8-9-19(14)18-15(12)11-6-4-3-5-7-11/h3-10,13H,2,16H2,1H3/t13-/m1/s1. The van der Waals surface area contributed by atoms with Crippen molar-refractivity contribution in [1.82, 2.24) is 14.6 Å². The Morgan fingerprint density at radius 1 is 1.26 bits per heavy atom. The maximum absolute atomic E-state index is 6.22. The van der Waals surface area contributed by atoms with E-state index in [1.54, 1.807) is 10.7 Å². The van der Waals surface area contributed by atoms with Gasteiger partial charge < -0.3 is 5.73 Å². The van der Waals surface area contributed by atoms with Crippen LogP contribution in [0.4, 0.5) is 0 Å². The van der Waals surface area contributed by atoms with E-state index in [0.717, 1.165) is 28.9 Å². The van der Waals surface area contributed by atoms with Crippen LogP contribution in [-0.2, 0) is 0 Å². The first-order chi connectivity index (χ1) is 9.29. The van der Waals surface area contributed by atoms with E-state index in [4.69, 9.17) is 5.73 Å². The van der Waals surface area contributed by atoms with Gasteiger partial charge in [0.25, 0.3) is 0 Å². The first-order valence-electron chi connectivity index (χ1n) is 6.45. The predicted octanol–water partition coefficient (Wildman–Crippen LogP) is 2.81. The van der Waals surface area contributed by atoms with Gasteiger partial charge >= 0.3 is 0 Å². The number of fused-ring (bicyclic) bond motifs is 1. The Balaban J connectivity index is 2.25. The zero-order valence-electron chi connectivity index (χ0n) is 10.8. The van der Waals surface area contributed by atoms with Crippen molar-refractivity contribution in [3.63, 3.8) is 0 Å². The molecule has 3 aromatic rings. The van der Waals surface area contributed by atoms with Crippen molar-refractivity contribution in [2.24, 2.45) is 5.73 Å². The number of hydrogen-bond acceptors (Lipinski definition) is 3. The fourth-order valence-electron chi connectivity index (χ4n) is 2.19. The second kappa shape index (κ2) is 4.82. The molecule has 3 rings (SSSR count). The Morgan fingerprint density at radius 2 is 2.05 bits per heavy atom. The van der Waals surface area contributed by atoms with E-state index >= 15 is 0 Å². The molecule has 0 fully saturated rings. The highest BCUT2D eigenvalue weighted by Crippen LogP contribution is 2.27. The van der Waals surface area contributed by atoms with Crippen molar-refractivity contribution in [3.8, 4) is 11.3 Å². The molecule has 1 atom stereocenters. The molecule has 0 amide bonds. The minimum atomic E-state index is -0.0237.